The third-order valence-electron chi connectivity index (χ3n) is 3.34. The van der Waals surface area contributed by atoms with Gasteiger partial charge in [0.25, 0.3) is 0 Å². The van der Waals surface area contributed by atoms with E-state index < -0.39 is 0 Å². The van der Waals surface area contributed by atoms with Crippen LogP contribution in [0.15, 0.2) is 23.3 Å². The topological polar surface area (TPSA) is 17.1 Å². The fourth-order valence-corrected chi connectivity index (χ4v) is 2.62. The average Bonchev–Trinajstić information content (AvgIpc) is 2.27. The van der Waals surface area contributed by atoms with E-state index in [1.165, 1.54) is 18.4 Å². The highest BCUT2D eigenvalue weighted by Gasteiger charge is 2.36. The van der Waals surface area contributed by atoms with Crippen LogP contribution in [-0.2, 0) is 4.79 Å². The number of fused-ring (bicyclic) bond motifs is 1. The minimum absolute atomic E-state index is 0.0671. The molecule has 0 saturated heterocycles. The average molecular weight is 176 g/mol. The smallest absolute Gasteiger partial charge is 0.182 e. The molecule has 0 amide bonds. The Morgan fingerprint density at radius 2 is 2.15 bits per heavy atom. The minimum atomic E-state index is 0.0671. The fraction of sp³-hybridized carbons (Fsp3) is 0.583. The lowest BCUT2D eigenvalue weighted by Gasteiger charge is -2.22. The first-order valence-electron chi connectivity index (χ1n) is 5.07. The van der Waals surface area contributed by atoms with E-state index in [2.05, 4.69) is 19.9 Å². The van der Waals surface area contributed by atoms with Crippen molar-refractivity contribution in [2.45, 2.75) is 39.5 Å². The first-order valence-corrected chi connectivity index (χ1v) is 5.07. The lowest BCUT2D eigenvalue weighted by atomic mass is 9.80. The summed E-state index contributed by atoms with van der Waals surface area (Å²) in [4.78, 5) is 11.6. The Morgan fingerprint density at radius 3 is 2.92 bits per heavy atom. The minimum Gasteiger partial charge on any atom is -0.290 e. The molecule has 1 nitrogen and oxygen atoms in total. The quantitative estimate of drug-likeness (QED) is 0.554. The molecule has 2 aliphatic carbocycles. The maximum Gasteiger partial charge on any atom is 0.182 e. The molecular weight excluding hydrogens is 160 g/mol. The van der Waals surface area contributed by atoms with E-state index >= 15 is 0 Å². The summed E-state index contributed by atoms with van der Waals surface area (Å²) in [6, 6.07) is 0. The van der Waals surface area contributed by atoms with Crippen molar-refractivity contribution in [1.82, 2.24) is 0 Å². The summed E-state index contributed by atoms with van der Waals surface area (Å²) in [7, 11) is 0. The lowest BCUT2D eigenvalue weighted by molar-refractivity contribution is -0.111. The summed E-state index contributed by atoms with van der Waals surface area (Å²) >= 11 is 0. The van der Waals surface area contributed by atoms with Gasteiger partial charge in [0.05, 0.1) is 0 Å². The van der Waals surface area contributed by atoms with E-state index in [-0.39, 0.29) is 11.2 Å². The summed E-state index contributed by atoms with van der Waals surface area (Å²) < 4.78 is 0. The lowest BCUT2D eigenvalue weighted by Crippen LogP contribution is -2.16. The molecule has 0 radical (unpaired) electrons. The van der Waals surface area contributed by atoms with Crippen molar-refractivity contribution in [2.24, 2.45) is 5.41 Å². The zero-order valence-corrected chi connectivity index (χ0v) is 8.39. The number of ketones is 1. The van der Waals surface area contributed by atoms with Crippen LogP contribution < -0.4 is 0 Å². The molecule has 70 valence electrons. The molecule has 0 aliphatic heterocycles. The molecule has 0 aromatic heterocycles. The molecule has 2 aliphatic rings. The van der Waals surface area contributed by atoms with Crippen LogP contribution in [0.3, 0.4) is 0 Å². The van der Waals surface area contributed by atoms with Crippen molar-refractivity contribution in [3.05, 3.63) is 23.3 Å². The number of carbonyl (C=O) groups excluding carboxylic acids is 1. The third kappa shape index (κ3) is 1.27. The molecule has 0 heterocycles. The van der Waals surface area contributed by atoms with Crippen molar-refractivity contribution in [3.8, 4) is 0 Å². The molecule has 13 heavy (non-hydrogen) atoms. The molecule has 0 spiro atoms. The first-order chi connectivity index (χ1) is 6.13. The van der Waals surface area contributed by atoms with Crippen LogP contribution in [0.4, 0.5) is 0 Å². The van der Waals surface area contributed by atoms with Crippen LogP contribution in [0, 0.1) is 5.41 Å². The largest absolute Gasteiger partial charge is 0.290 e. The second-order valence-electron chi connectivity index (χ2n) is 4.48. The van der Waals surface area contributed by atoms with Crippen LogP contribution in [-0.4, -0.2) is 5.78 Å². The Morgan fingerprint density at radius 1 is 1.38 bits per heavy atom. The molecule has 1 heteroatoms. The summed E-state index contributed by atoms with van der Waals surface area (Å²) in [5, 5.41) is 0. The molecule has 0 bridgehead atoms. The normalized spacial score (nSPS) is 33.5. The summed E-state index contributed by atoms with van der Waals surface area (Å²) in [5.41, 5.74) is 2.47. The molecular formula is C12H16O. The van der Waals surface area contributed by atoms with Crippen LogP contribution in [0.1, 0.15) is 39.5 Å². The Kier molecular flexibility index (Phi) is 1.90. The predicted molar refractivity (Wildman–Crippen MR) is 53.4 cm³/mol. The molecule has 1 unspecified atom stereocenters. The molecule has 0 aromatic rings. The van der Waals surface area contributed by atoms with Crippen molar-refractivity contribution < 1.29 is 4.79 Å². The third-order valence-corrected chi connectivity index (χ3v) is 3.34. The van der Waals surface area contributed by atoms with Gasteiger partial charge in [0.1, 0.15) is 0 Å². The SMILES string of the molecule is CC1=C2C(=O)C=CC2(C)CCCC1. The van der Waals surface area contributed by atoms with Crippen LogP contribution in [0.25, 0.3) is 0 Å². The van der Waals surface area contributed by atoms with Crippen molar-refractivity contribution >= 4 is 5.78 Å². The van der Waals surface area contributed by atoms with Gasteiger partial charge in [0.2, 0.25) is 0 Å². The standard InChI is InChI=1S/C12H16O/c1-9-5-3-4-7-12(2)8-6-10(13)11(9)12/h6,8H,3-5,7H2,1-2H3. The molecule has 0 saturated carbocycles. The fourth-order valence-electron chi connectivity index (χ4n) is 2.62. The summed E-state index contributed by atoms with van der Waals surface area (Å²) in [5.74, 6) is 0.252. The highest BCUT2D eigenvalue weighted by Crippen LogP contribution is 2.44. The predicted octanol–water partition coefficient (Wildman–Crippen LogP) is 3.02. The van der Waals surface area contributed by atoms with E-state index in [1.54, 1.807) is 6.08 Å². The van der Waals surface area contributed by atoms with Crippen LogP contribution in [0.5, 0.6) is 0 Å². The summed E-state index contributed by atoms with van der Waals surface area (Å²) in [6.45, 7) is 4.31. The van der Waals surface area contributed by atoms with Gasteiger partial charge in [-0.15, -0.1) is 0 Å². The van der Waals surface area contributed by atoms with E-state index in [0.29, 0.717) is 0 Å². The Bertz CT molecular complexity index is 309. The number of carbonyl (C=O) groups is 1. The highest BCUT2D eigenvalue weighted by atomic mass is 16.1. The first kappa shape index (κ1) is 8.74. The van der Waals surface area contributed by atoms with Gasteiger partial charge in [-0.05, 0) is 32.3 Å². The highest BCUT2D eigenvalue weighted by molar-refractivity contribution is 6.08. The van der Waals surface area contributed by atoms with E-state index in [4.69, 9.17) is 0 Å². The van der Waals surface area contributed by atoms with E-state index in [9.17, 15) is 4.79 Å². The number of allylic oxidation sites excluding steroid dienone is 4. The molecule has 2 rings (SSSR count). The van der Waals surface area contributed by atoms with Crippen LogP contribution in [0.2, 0.25) is 0 Å². The molecule has 0 N–H and O–H groups in total. The van der Waals surface area contributed by atoms with Crippen LogP contribution >= 0.6 is 0 Å². The maximum atomic E-state index is 11.6. The van der Waals surface area contributed by atoms with Crippen molar-refractivity contribution in [2.75, 3.05) is 0 Å². The van der Waals surface area contributed by atoms with Gasteiger partial charge in [-0.3, -0.25) is 4.79 Å². The van der Waals surface area contributed by atoms with Gasteiger partial charge in [-0.2, -0.15) is 0 Å². The summed E-state index contributed by atoms with van der Waals surface area (Å²) in [6.07, 6.45) is 8.59. The van der Waals surface area contributed by atoms with Gasteiger partial charge in [0.15, 0.2) is 5.78 Å². The molecule has 1 atom stereocenters. The Hall–Kier alpha value is -0.850. The van der Waals surface area contributed by atoms with Gasteiger partial charge >= 0.3 is 0 Å². The molecule has 0 fully saturated rings. The van der Waals surface area contributed by atoms with Gasteiger partial charge < -0.3 is 0 Å². The van der Waals surface area contributed by atoms with Gasteiger partial charge in [-0.25, -0.2) is 0 Å². The van der Waals surface area contributed by atoms with E-state index in [1.807, 2.05) is 0 Å². The molecule has 0 aromatic carbocycles. The Balaban J connectivity index is 2.49. The monoisotopic (exact) mass is 176 g/mol. The Labute approximate surface area is 79.5 Å². The second-order valence-corrected chi connectivity index (χ2v) is 4.48. The van der Waals surface area contributed by atoms with E-state index in [0.717, 1.165) is 18.4 Å². The zero-order chi connectivity index (χ0) is 9.47. The maximum absolute atomic E-state index is 11.6. The van der Waals surface area contributed by atoms with Gasteiger partial charge in [-0.1, -0.05) is 25.0 Å². The second kappa shape index (κ2) is 2.83. The zero-order valence-electron chi connectivity index (χ0n) is 8.39. The van der Waals surface area contributed by atoms with Crippen molar-refractivity contribution in [3.63, 3.8) is 0 Å². The number of rotatable bonds is 0. The van der Waals surface area contributed by atoms with Crippen molar-refractivity contribution in [1.29, 1.82) is 0 Å². The van der Waals surface area contributed by atoms with Gasteiger partial charge in [0, 0.05) is 11.0 Å². The number of hydrogen-bond donors (Lipinski definition) is 0. The number of hydrogen-bond acceptors (Lipinski definition) is 1.